The molecule has 1 amide bonds. The van der Waals surface area contributed by atoms with Gasteiger partial charge in [-0.3, -0.25) is 4.90 Å². The Morgan fingerprint density at radius 1 is 1.07 bits per heavy atom. The highest BCUT2D eigenvalue weighted by Crippen LogP contribution is 2.28. The molecule has 0 spiro atoms. The molecule has 6 rings (SSSR count). The molecule has 0 saturated carbocycles. The third-order valence-corrected chi connectivity index (χ3v) is 7.58. The SMILES string of the molecule is N#Cc1cc(-c2ncnc(Nc3ccc(N4CCN(C5COC5)CC4)cc3)n2)ccc1OC1CCN(C(=O)O)C1. The van der Waals surface area contributed by atoms with Crippen molar-refractivity contribution in [1.82, 2.24) is 24.8 Å². The number of hydrogen-bond donors (Lipinski definition) is 2. The van der Waals surface area contributed by atoms with Gasteiger partial charge in [0, 0.05) is 56.1 Å². The second-order valence-electron chi connectivity index (χ2n) is 10.1. The van der Waals surface area contributed by atoms with Gasteiger partial charge in [0.1, 0.15) is 24.3 Å². The maximum absolute atomic E-state index is 11.2. The molecule has 206 valence electrons. The Kier molecular flexibility index (Phi) is 7.31. The molecule has 2 aromatic carbocycles. The van der Waals surface area contributed by atoms with E-state index in [1.54, 1.807) is 18.2 Å². The van der Waals surface area contributed by atoms with Gasteiger partial charge in [-0.25, -0.2) is 14.8 Å². The Morgan fingerprint density at radius 2 is 1.88 bits per heavy atom. The van der Waals surface area contributed by atoms with Crippen LogP contribution in [0.15, 0.2) is 48.8 Å². The van der Waals surface area contributed by atoms with E-state index in [4.69, 9.17) is 14.6 Å². The molecule has 40 heavy (non-hydrogen) atoms. The van der Waals surface area contributed by atoms with Crippen LogP contribution in [0, 0.1) is 11.3 Å². The van der Waals surface area contributed by atoms with Crippen molar-refractivity contribution in [3.8, 4) is 23.2 Å². The Bertz CT molecular complexity index is 1400. The number of nitriles is 1. The van der Waals surface area contributed by atoms with E-state index in [0.717, 1.165) is 45.1 Å². The van der Waals surface area contributed by atoms with Crippen molar-refractivity contribution < 1.29 is 19.4 Å². The third kappa shape index (κ3) is 5.61. The summed E-state index contributed by atoms with van der Waals surface area (Å²) in [5, 5.41) is 22.1. The molecule has 12 nitrogen and oxygen atoms in total. The van der Waals surface area contributed by atoms with Crippen LogP contribution in [0.4, 0.5) is 22.1 Å². The van der Waals surface area contributed by atoms with Crippen LogP contribution in [0.3, 0.4) is 0 Å². The minimum absolute atomic E-state index is 0.276. The number of hydrogen-bond acceptors (Lipinski definition) is 10. The maximum Gasteiger partial charge on any atom is 0.407 e. The Morgan fingerprint density at radius 3 is 2.55 bits per heavy atom. The molecule has 3 aromatic rings. The molecule has 1 aromatic heterocycles. The van der Waals surface area contributed by atoms with Crippen LogP contribution in [0.2, 0.25) is 0 Å². The van der Waals surface area contributed by atoms with Crippen LogP contribution in [-0.4, -0.2) is 101 Å². The van der Waals surface area contributed by atoms with Gasteiger partial charge >= 0.3 is 6.09 Å². The van der Waals surface area contributed by atoms with Crippen molar-refractivity contribution in [2.45, 2.75) is 18.6 Å². The van der Waals surface area contributed by atoms with E-state index in [0.29, 0.717) is 47.7 Å². The first kappa shape index (κ1) is 25.8. The normalized spacial score (nSPS) is 19.6. The van der Waals surface area contributed by atoms with E-state index in [2.05, 4.69) is 48.3 Å². The number of aromatic nitrogens is 3. The van der Waals surface area contributed by atoms with Gasteiger partial charge in [0.25, 0.3) is 0 Å². The molecule has 3 fully saturated rings. The number of benzene rings is 2. The van der Waals surface area contributed by atoms with E-state index in [-0.39, 0.29) is 12.6 Å². The molecular formula is C28H30N8O4. The Balaban J connectivity index is 1.09. The average Bonchev–Trinajstić information content (AvgIpc) is 3.42. The zero-order valence-electron chi connectivity index (χ0n) is 21.9. The van der Waals surface area contributed by atoms with Crippen LogP contribution in [0.25, 0.3) is 11.4 Å². The van der Waals surface area contributed by atoms with E-state index in [9.17, 15) is 10.1 Å². The Labute approximate surface area is 231 Å². The van der Waals surface area contributed by atoms with Gasteiger partial charge in [-0.2, -0.15) is 10.2 Å². The molecule has 1 unspecified atom stereocenters. The highest BCUT2D eigenvalue weighted by molar-refractivity contribution is 5.66. The second kappa shape index (κ2) is 11.3. The number of nitrogens with zero attached hydrogens (tertiary/aromatic N) is 7. The molecule has 0 bridgehead atoms. The minimum Gasteiger partial charge on any atom is -0.487 e. The summed E-state index contributed by atoms with van der Waals surface area (Å²) in [7, 11) is 0. The van der Waals surface area contributed by atoms with Crippen LogP contribution in [0.5, 0.6) is 5.75 Å². The van der Waals surface area contributed by atoms with Crippen LogP contribution < -0.4 is 15.0 Å². The summed E-state index contributed by atoms with van der Waals surface area (Å²) < 4.78 is 11.3. The number of piperazine rings is 1. The lowest BCUT2D eigenvalue weighted by atomic mass is 10.1. The molecule has 3 saturated heterocycles. The number of rotatable bonds is 7. The fourth-order valence-electron chi connectivity index (χ4n) is 5.20. The standard InChI is InChI=1S/C28H30N8O4/c29-14-20-13-19(1-6-25(20)40-24-7-8-36(15-24)28(37)38)26-30-18-31-27(33-26)32-21-2-4-22(5-3-21)34-9-11-35(12-10-34)23-16-39-17-23/h1-6,13,18,23-24H,7-12,15-17H2,(H,37,38)(H,30,31,32,33). The highest BCUT2D eigenvalue weighted by atomic mass is 16.5. The number of carbonyl (C=O) groups is 1. The zero-order chi connectivity index (χ0) is 27.5. The zero-order valence-corrected chi connectivity index (χ0v) is 21.9. The quantitative estimate of drug-likeness (QED) is 0.455. The summed E-state index contributed by atoms with van der Waals surface area (Å²) in [5.74, 6) is 1.23. The number of nitrogens with one attached hydrogen (secondary N) is 1. The van der Waals surface area contributed by atoms with Gasteiger partial charge in [-0.05, 0) is 42.5 Å². The molecule has 2 N–H and O–H groups in total. The van der Waals surface area contributed by atoms with Crippen molar-refractivity contribution in [3.05, 3.63) is 54.4 Å². The van der Waals surface area contributed by atoms with Gasteiger partial charge in [0.2, 0.25) is 5.95 Å². The van der Waals surface area contributed by atoms with Crippen LogP contribution in [0.1, 0.15) is 12.0 Å². The van der Waals surface area contributed by atoms with Crippen molar-refractivity contribution in [2.75, 3.05) is 62.7 Å². The van der Waals surface area contributed by atoms with Crippen molar-refractivity contribution in [2.24, 2.45) is 0 Å². The van der Waals surface area contributed by atoms with Gasteiger partial charge in [0.15, 0.2) is 5.82 Å². The largest absolute Gasteiger partial charge is 0.487 e. The van der Waals surface area contributed by atoms with Crippen molar-refractivity contribution in [1.29, 1.82) is 5.26 Å². The molecule has 1 atom stereocenters. The van der Waals surface area contributed by atoms with Crippen LogP contribution in [-0.2, 0) is 4.74 Å². The average molecular weight is 543 g/mol. The highest BCUT2D eigenvalue weighted by Gasteiger charge is 2.29. The van der Waals surface area contributed by atoms with Gasteiger partial charge in [-0.1, -0.05) is 0 Å². The summed E-state index contributed by atoms with van der Waals surface area (Å²) in [4.78, 5) is 30.5. The third-order valence-electron chi connectivity index (χ3n) is 7.58. The summed E-state index contributed by atoms with van der Waals surface area (Å²) in [5.41, 5.74) is 3.03. The molecule has 3 aliphatic rings. The van der Waals surface area contributed by atoms with Crippen molar-refractivity contribution in [3.63, 3.8) is 0 Å². The fourth-order valence-corrected chi connectivity index (χ4v) is 5.20. The lowest BCUT2D eigenvalue weighted by Gasteiger charge is -2.43. The molecule has 12 heteroatoms. The van der Waals surface area contributed by atoms with Crippen molar-refractivity contribution >= 4 is 23.4 Å². The molecular weight excluding hydrogens is 512 g/mol. The topological polar surface area (TPSA) is 140 Å². The van der Waals surface area contributed by atoms with Gasteiger partial charge in [-0.15, -0.1) is 0 Å². The first-order chi connectivity index (χ1) is 19.6. The molecule has 0 aliphatic carbocycles. The molecule has 4 heterocycles. The predicted octanol–water partition coefficient (Wildman–Crippen LogP) is 2.81. The maximum atomic E-state index is 11.2. The number of ether oxygens (including phenoxy) is 2. The molecule has 3 aliphatic heterocycles. The smallest absolute Gasteiger partial charge is 0.407 e. The lowest BCUT2D eigenvalue weighted by Crippen LogP contribution is -2.56. The number of likely N-dealkylation sites (tertiary alicyclic amines) is 1. The van der Waals surface area contributed by atoms with Gasteiger partial charge in [0.05, 0.1) is 31.4 Å². The van der Waals surface area contributed by atoms with Gasteiger partial charge < -0.3 is 29.7 Å². The van der Waals surface area contributed by atoms with E-state index >= 15 is 0 Å². The van der Waals surface area contributed by atoms with E-state index in [1.165, 1.54) is 16.9 Å². The number of carboxylic acid groups (broad SMARTS) is 1. The molecule has 0 radical (unpaired) electrons. The second-order valence-corrected chi connectivity index (χ2v) is 10.1. The number of amides is 1. The number of anilines is 3. The summed E-state index contributed by atoms with van der Waals surface area (Å²) in [6, 6.07) is 16.1. The summed E-state index contributed by atoms with van der Waals surface area (Å²) in [6.45, 7) is 6.49. The van der Waals surface area contributed by atoms with E-state index < -0.39 is 6.09 Å². The summed E-state index contributed by atoms with van der Waals surface area (Å²) in [6.07, 6.45) is 0.752. The predicted molar refractivity (Wildman–Crippen MR) is 147 cm³/mol. The monoisotopic (exact) mass is 542 g/mol. The Hall–Kier alpha value is -4.47. The first-order valence-corrected chi connectivity index (χ1v) is 13.4. The van der Waals surface area contributed by atoms with E-state index in [1.807, 2.05) is 12.1 Å². The minimum atomic E-state index is -0.967. The summed E-state index contributed by atoms with van der Waals surface area (Å²) >= 11 is 0. The van der Waals surface area contributed by atoms with Crippen LogP contribution >= 0.6 is 0 Å². The fraction of sp³-hybridized carbons (Fsp3) is 0.393. The first-order valence-electron chi connectivity index (χ1n) is 13.4. The lowest BCUT2D eigenvalue weighted by molar-refractivity contribution is -0.0660.